The Morgan fingerprint density at radius 3 is 2.84 bits per heavy atom. The number of likely N-dealkylation sites (tertiary alicyclic amines) is 1. The Labute approximate surface area is 120 Å². The Kier molecular flexibility index (Phi) is 5.04. The second-order valence-corrected chi connectivity index (χ2v) is 6.43. The molecule has 0 spiro atoms. The van der Waals surface area contributed by atoms with Crippen LogP contribution in [-0.2, 0) is 6.54 Å². The second-order valence-electron chi connectivity index (χ2n) is 5.43. The Bertz CT molecular complexity index is 465. The lowest BCUT2D eigenvalue weighted by Gasteiger charge is -2.26. The number of aliphatic hydroxyl groups excluding tert-OH is 1. The normalized spacial score (nSPS) is 18.3. The minimum absolute atomic E-state index is 0.0627. The third kappa shape index (κ3) is 3.60. The van der Waals surface area contributed by atoms with Crippen LogP contribution in [0.15, 0.2) is 11.4 Å². The summed E-state index contributed by atoms with van der Waals surface area (Å²) in [5.41, 5.74) is 1.59. The van der Waals surface area contributed by atoms with Gasteiger partial charge in [-0.2, -0.15) is 0 Å². The van der Waals surface area contributed by atoms with E-state index in [0.717, 1.165) is 12.1 Å². The van der Waals surface area contributed by atoms with Crippen molar-refractivity contribution < 1.29 is 5.11 Å². The lowest BCUT2D eigenvalue weighted by atomic mass is 9.82. The van der Waals surface area contributed by atoms with Gasteiger partial charge in [0.05, 0.1) is 0 Å². The highest BCUT2D eigenvalue weighted by molar-refractivity contribution is 7.10. The largest absolute Gasteiger partial charge is 0.384 e. The van der Waals surface area contributed by atoms with Gasteiger partial charge in [-0.1, -0.05) is 25.7 Å². The number of hydrogen-bond donors (Lipinski definition) is 1. The summed E-state index contributed by atoms with van der Waals surface area (Å²) in [6, 6.07) is 2.16. The number of aliphatic hydroxyl groups is 1. The number of rotatable bonds is 4. The molecule has 0 aromatic carbocycles. The molecule has 104 valence electrons. The quantitative estimate of drug-likeness (QED) is 0.855. The first-order chi connectivity index (χ1) is 9.21. The van der Waals surface area contributed by atoms with E-state index in [0.29, 0.717) is 5.41 Å². The van der Waals surface area contributed by atoms with Gasteiger partial charge in [0.15, 0.2) is 0 Å². The van der Waals surface area contributed by atoms with Crippen LogP contribution in [0.25, 0.3) is 0 Å². The summed E-state index contributed by atoms with van der Waals surface area (Å²) in [6.45, 7) is 8.08. The van der Waals surface area contributed by atoms with E-state index in [2.05, 4.69) is 42.0 Å². The lowest BCUT2D eigenvalue weighted by Crippen LogP contribution is -2.25. The molecule has 1 aromatic rings. The van der Waals surface area contributed by atoms with Crippen LogP contribution in [0.5, 0.6) is 0 Å². The fourth-order valence-electron chi connectivity index (χ4n) is 2.88. The molecule has 2 heterocycles. The zero-order chi connectivity index (χ0) is 13.7. The van der Waals surface area contributed by atoms with Crippen molar-refractivity contribution in [3.63, 3.8) is 0 Å². The minimum Gasteiger partial charge on any atom is -0.384 e. The molecule has 3 heteroatoms. The van der Waals surface area contributed by atoms with E-state index in [-0.39, 0.29) is 6.61 Å². The van der Waals surface area contributed by atoms with E-state index in [4.69, 9.17) is 5.11 Å². The van der Waals surface area contributed by atoms with Gasteiger partial charge < -0.3 is 5.11 Å². The van der Waals surface area contributed by atoms with Crippen LogP contribution in [0.4, 0.5) is 0 Å². The predicted octanol–water partition coefficient (Wildman–Crippen LogP) is 3.10. The molecular weight excluding hydrogens is 254 g/mol. The van der Waals surface area contributed by atoms with Crippen molar-refractivity contribution in [2.24, 2.45) is 5.41 Å². The van der Waals surface area contributed by atoms with E-state index >= 15 is 0 Å². The molecule has 0 saturated carbocycles. The molecule has 1 saturated heterocycles. The van der Waals surface area contributed by atoms with Crippen molar-refractivity contribution >= 4 is 11.3 Å². The SMILES string of the molecule is CCC1(CC)CCN(Cc2cc(C#CCO)cs2)C1. The van der Waals surface area contributed by atoms with E-state index in [9.17, 15) is 0 Å². The van der Waals surface area contributed by atoms with Gasteiger partial charge in [0, 0.05) is 28.9 Å². The molecule has 1 fully saturated rings. The van der Waals surface area contributed by atoms with Gasteiger partial charge in [0.25, 0.3) is 0 Å². The predicted molar refractivity (Wildman–Crippen MR) is 81.2 cm³/mol. The van der Waals surface area contributed by atoms with Gasteiger partial charge in [0.1, 0.15) is 6.61 Å². The van der Waals surface area contributed by atoms with Gasteiger partial charge in [0.2, 0.25) is 0 Å². The Morgan fingerprint density at radius 1 is 1.42 bits per heavy atom. The maximum atomic E-state index is 8.70. The molecule has 0 bridgehead atoms. The first kappa shape index (κ1) is 14.6. The van der Waals surface area contributed by atoms with E-state index in [1.165, 1.54) is 37.2 Å². The standard InChI is InChI=1S/C16H23NOS/c1-3-16(4-2)7-8-17(13-16)11-15-10-14(12-19-15)6-5-9-18/h10,12,18H,3-4,7-9,11,13H2,1-2H3. The summed E-state index contributed by atoms with van der Waals surface area (Å²) in [6.07, 6.45) is 3.91. The highest BCUT2D eigenvalue weighted by atomic mass is 32.1. The summed E-state index contributed by atoms with van der Waals surface area (Å²) in [4.78, 5) is 3.95. The lowest BCUT2D eigenvalue weighted by molar-refractivity contribution is 0.237. The highest BCUT2D eigenvalue weighted by Crippen LogP contribution is 2.37. The third-order valence-corrected chi connectivity index (χ3v) is 5.28. The van der Waals surface area contributed by atoms with Crippen molar-refractivity contribution in [3.8, 4) is 11.8 Å². The molecule has 19 heavy (non-hydrogen) atoms. The zero-order valence-electron chi connectivity index (χ0n) is 11.9. The van der Waals surface area contributed by atoms with Crippen LogP contribution in [0.3, 0.4) is 0 Å². The molecule has 0 radical (unpaired) electrons. The van der Waals surface area contributed by atoms with Crippen LogP contribution >= 0.6 is 11.3 Å². The summed E-state index contributed by atoms with van der Waals surface area (Å²) in [5, 5.41) is 10.8. The smallest absolute Gasteiger partial charge is 0.104 e. The average Bonchev–Trinajstić information content (AvgIpc) is 3.04. The Balaban J connectivity index is 1.94. The Morgan fingerprint density at radius 2 is 2.21 bits per heavy atom. The van der Waals surface area contributed by atoms with Gasteiger partial charge in [-0.05, 0) is 37.3 Å². The van der Waals surface area contributed by atoms with Crippen LogP contribution in [0, 0.1) is 17.3 Å². The summed E-state index contributed by atoms with van der Waals surface area (Å²) < 4.78 is 0. The maximum Gasteiger partial charge on any atom is 0.104 e. The number of nitrogens with zero attached hydrogens (tertiary/aromatic N) is 1. The molecular formula is C16H23NOS. The molecule has 2 nitrogen and oxygen atoms in total. The maximum absolute atomic E-state index is 8.70. The van der Waals surface area contributed by atoms with Gasteiger partial charge >= 0.3 is 0 Å². The first-order valence-corrected chi connectivity index (χ1v) is 7.99. The first-order valence-electron chi connectivity index (χ1n) is 7.11. The summed E-state index contributed by atoms with van der Waals surface area (Å²) >= 11 is 1.78. The topological polar surface area (TPSA) is 23.5 Å². The van der Waals surface area contributed by atoms with Gasteiger partial charge in [-0.3, -0.25) is 4.90 Å². The fourth-order valence-corrected chi connectivity index (χ4v) is 3.74. The van der Waals surface area contributed by atoms with Crippen molar-refractivity contribution in [1.82, 2.24) is 4.90 Å². The third-order valence-electron chi connectivity index (χ3n) is 4.36. The molecule has 0 amide bonds. The highest BCUT2D eigenvalue weighted by Gasteiger charge is 2.34. The van der Waals surface area contributed by atoms with Gasteiger partial charge in [-0.15, -0.1) is 11.3 Å². The molecule has 0 atom stereocenters. The zero-order valence-corrected chi connectivity index (χ0v) is 12.7. The van der Waals surface area contributed by atoms with Crippen molar-refractivity contribution in [2.45, 2.75) is 39.7 Å². The fraction of sp³-hybridized carbons (Fsp3) is 0.625. The Hall–Kier alpha value is -0.820. The summed E-state index contributed by atoms with van der Waals surface area (Å²) in [5.74, 6) is 5.67. The molecule has 0 aliphatic carbocycles. The molecule has 1 aliphatic rings. The summed E-state index contributed by atoms with van der Waals surface area (Å²) in [7, 11) is 0. The average molecular weight is 277 g/mol. The van der Waals surface area contributed by atoms with E-state index in [1.54, 1.807) is 11.3 Å². The van der Waals surface area contributed by atoms with Crippen LogP contribution < -0.4 is 0 Å². The van der Waals surface area contributed by atoms with Crippen LogP contribution in [0.1, 0.15) is 43.6 Å². The van der Waals surface area contributed by atoms with E-state index in [1.807, 2.05) is 0 Å². The van der Waals surface area contributed by atoms with Crippen molar-refractivity contribution in [2.75, 3.05) is 19.7 Å². The molecule has 0 unspecified atom stereocenters. The van der Waals surface area contributed by atoms with E-state index < -0.39 is 0 Å². The van der Waals surface area contributed by atoms with Crippen molar-refractivity contribution in [3.05, 3.63) is 21.9 Å². The van der Waals surface area contributed by atoms with Gasteiger partial charge in [-0.25, -0.2) is 0 Å². The number of hydrogen-bond acceptors (Lipinski definition) is 3. The molecule has 1 aromatic heterocycles. The van der Waals surface area contributed by atoms with Crippen LogP contribution in [0.2, 0.25) is 0 Å². The molecule has 1 N–H and O–H groups in total. The van der Waals surface area contributed by atoms with Crippen molar-refractivity contribution in [1.29, 1.82) is 0 Å². The monoisotopic (exact) mass is 277 g/mol. The van der Waals surface area contributed by atoms with Crippen LogP contribution in [-0.4, -0.2) is 29.7 Å². The number of thiophene rings is 1. The molecule has 1 aliphatic heterocycles. The second kappa shape index (κ2) is 6.56. The minimum atomic E-state index is -0.0627. The molecule has 2 rings (SSSR count).